The van der Waals surface area contributed by atoms with Crippen LogP contribution in [-0.2, 0) is 16.1 Å². The van der Waals surface area contributed by atoms with Crippen LogP contribution >= 0.6 is 0 Å². The summed E-state index contributed by atoms with van der Waals surface area (Å²) in [6.07, 6.45) is -0.657. The fraction of sp³-hybridized carbons (Fsp3) is 0.300. The normalized spacial score (nSPS) is 11.6. The van der Waals surface area contributed by atoms with Crippen molar-refractivity contribution in [3.05, 3.63) is 65.2 Å². The molecular weight excluding hydrogens is 316 g/mol. The van der Waals surface area contributed by atoms with E-state index in [0.717, 1.165) is 11.1 Å². The van der Waals surface area contributed by atoms with Crippen LogP contribution in [-0.4, -0.2) is 19.1 Å². The Morgan fingerprint density at radius 3 is 2.52 bits per heavy atom. The third kappa shape index (κ3) is 5.33. The van der Waals surface area contributed by atoms with Crippen LogP contribution in [0, 0.1) is 11.3 Å². The van der Waals surface area contributed by atoms with Crippen molar-refractivity contribution in [3.63, 3.8) is 0 Å². The van der Waals surface area contributed by atoms with Crippen LogP contribution in [0.1, 0.15) is 36.6 Å². The number of methoxy groups -OCH3 is 1. The van der Waals surface area contributed by atoms with Crippen molar-refractivity contribution in [2.75, 3.05) is 7.11 Å². The number of ether oxygens (including phenoxy) is 2. The van der Waals surface area contributed by atoms with E-state index in [-0.39, 0.29) is 12.0 Å². The average Bonchev–Trinajstić information content (AvgIpc) is 2.61. The number of amides is 1. The zero-order valence-corrected chi connectivity index (χ0v) is 14.7. The van der Waals surface area contributed by atoms with Crippen molar-refractivity contribution < 1.29 is 14.3 Å². The molecule has 0 heterocycles. The predicted molar refractivity (Wildman–Crippen MR) is 95.0 cm³/mol. The van der Waals surface area contributed by atoms with Gasteiger partial charge in [-0.25, -0.2) is 0 Å². The van der Waals surface area contributed by atoms with E-state index in [1.54, 1.807) is 12.1 Å². The topological polar surface area (TPSA) is 71.3 Å². The summed E-state index contributed by atoms with van der Waals surface area (Å²) in [5, 5.41) is 11.7. The SMILES string of the molecule is CO[C@H](C(=O)NCc1ccc(C#N)cc1)c1cccc(OC(C)C)c1. The largest absolute Gasteiger partial charge is 0.491 e. The number of hydrogen-bond acceptors (Lipinski definition) is 4. The number of hydrogen-bond donors (Lipinski definition) is 1. The maximum atomic E-state index is 12.5. The lowest BCUT2D eigenvalue weighted by Gasteiger charge is -2.17. The molecule has 0 fully saturated rings. The number of carbonyl (C=O) groups is 1. The molecule has 1 N–H and O–H groups in total. The maximum Gasteiger partial charge on any atom is 0.254 e. The molecule has 2 aromatic carbocycles. The summed E-state index contributed by atoms with van der Waals surface area (Å²) in [5.41, 5.74) is 2.24. The molecule has 1 atom stereocenters. The molecule has 0 aromatic heterocycles. The molecule has 0 aliphatic heterocycles. The van der Waals surface area contributed by atoms with Gasteiger partial charge in [0.25, 0.3) is 5.91 Å². The molecule has 5 heteroatoms. The number of nitrogens with zero attached hydrogens (tertiary/aromatic N) is 1. The molecule has 0 unspecified atom stereocenters. The summed E-state index contributed by atoms with van der Waals surface area (Å²) in [5.74, 6) is 0.475. The second-order valence-corrected chi connectivity index (χ2v) is 5.88. The second-order valence-electron chi connectivity index (χ2n) is 5.88. The summed E-state index contributed by atoms with van der Waals surface area (Å²) >= 11 is 0. The highest BCUT2D eigenvalue weighted by molar-refractivity contribution is 5.82. The molecule has 2 aromatic rings. The van der Waals surface area contributed by atoms with Gasteiger partial charge in [0, 0.05) is 13.7 Å². The molecule has 0 aliphatic carbocycles. The van der Waals surface area contributed by atoms with Crippen molar-refractivity contribution in [3.8, 4) is 11.8 Å². The quantitative estimate of drug-likeness (QED) is 0.840. The minimum absolute atomic E-state index is 0.0569. The van der Waals surface area contributed by atoms with E-state index in [1.807, 2.05) is 50.2 Å². The molecule has 25 heavy (non-hydrogen) atoms. The van der Waals surface area contributed by atoms with Gasteiger partial charge in [-0.2, -0.15) is 5.26 Å². The molecule has 2 rings (SSSR count). The zero-order chi connectivity index (χ0) is 18.2. The van der Waals surface area contributed by atoms with Crippen LogP contribution in [0.5, 0.6) is 5.75 Å². The molecule has 0 spiro atoms. The summed E-state index contributed by atoms with van der Waals surface area (Å²) in [6.45, 7) is 4.27. The van der Waals surface area contributed by atoms with Crippen LogP contribution in [0.25, 0.3) is 0 Å². The van der Waals surface area contributed by atoms with Gasteiger partial charge in [0.05, 0.1) is 17.7 Å². The first-order chi connectivity index (χ1) is 12.0. The molecule has 1 amide bonds. The van der Waals surface area contributed by atoms with Crippen LogP contribution in [0.3, 0.4) is 0 Å². The molecular formula is C20H22N2O3. The van der Waals surface area contributed by atoms with E-state index in [9.17, 15) is 4.79 Å². The second kappa shape index (κ2) is 8.86. The molecule has 0 aliphatic rings. The fourth-order valence-electron chi connectivity index (χ4n) is 2.40. The smallest absolute Gasteiger partial charge is 0.254 e. The van der Waals surface area contributed by atoms with Gasteiger partial charge in [0.15, 0.2) is 6.10 Å². The van der Waals surface area contributed by atoms with Gasteiger partial charge < -0.3 is 14.8 Å². The van der Waals surface area contributed by atoms with Gasteiger partial charge in [-0.05, 0) is 49.2 Å². The van der Waals surface area contributed by atoms with Crippen molar-refractivity contribution >= 4 is 5.91 Å². The number of rotatable bonds is 7. The van der Waals surface area contributed by atoms with Crippen molar-refractivity contribution in [2.24, 2.45) is 0 Å². The Morgan fingerprint density at radius 1 is 1.20 bits per heavy atom. The van der Waals surface area contributed by atoms with E-state index in [2.05, 4.69) is 11.4 Å². The van der Waals surface area contributed by atoms with Gasteiger partial charge in [-0.3, -0.25) is 4.79 Å². The summed E-state index contributed by atoms with van der Waals surface area (Å²) in [4.78, 5) is 12.5. The van der Waals surface area contributed by atoms with Crippen LogP contribution < -0.4 is 10.1 Å². The van der Waals surface area contributed by atoms with Gasteiger partial charge in [0.1, 0.15) is 5.75 Å². The average molecular weight is 338 g/mol. The Labute approximate surface area is 148 Å². The first kappa shape index (κ1) is 18.5. The monoisotopic (exact) mass is 338 g/mol. The third-order valence-corrected chi connectivity index (χ3v) is 3.56. The highest BCUT2D eigenvalue weighted by atomic mass is 16.5. The highest BCUT2D eigenvalue weighted by Gasteiger charge is 2.20. The number of nitriles is 1. The van der Waals surface area contributed by atoms with Crippen molar-refractivity contribution in [1.29, 1.82) is 5.26 Å². The van der Waals surface area contributed by atoms with E-state index >= 15 is 0 Å². The number of benzene rings is 2. The van der Waals surface area contributed by atoms with E-state index < -0.39 is 6.10 Å². The van der Waals surface area contributed by atoms with Gasteiger partial charge in [-0.15, -0.1) is 0 Å². The molecule has 5 nitrogen and oxygen atoms in total. The van der Waals surface area contributed by atoms with Crippen molar-refractivity contribution in [1.82, 2.24) is 5.32 Å². The van der Waals surface area contributed by atoms with Crippen LogP contribution in [0.4, 0.5) is 0 Å². The first-order valence-corrected chi connectivity index (χ1v) is 8.09. The number of carbonyl (C=O) groups excluding carboxylic acids is 1. The molecule has 0 saturated heterocycles. The lowest BCUT2D eigenvalue weighted by molar-refractivity contribution is -0.131. The van der Waals surface area contributed by atoms with Crippen LogP contribution in [0.2, 0.25) is 0 Å². The first-order valence-electron chi connectivity index (χ1n) is 8.09. The Bertz CT molecular complexity index is 748. The molecule has 0 radical (unpaired) electrons. The lowest BCUT2D eigenvalue weighted by atomic mass is 10.1. The summed E-state index contributed by atoms with van der Waals surface area (Å²) < 4.78 is 11.0. The Kier molecular flexibility index (Phi) is 6.55. The highest BCUT2D eigenvalue weighted by Crippen LogP contribution is 2.23. The predicted octanol–water partition coefficient (Wildman–Crippen LogP) is 3.35. The summed E-state index contributed by atoms with van der Waals surface area (Å²) in [7, 11) is 1.50. The van der Waals surface area contributed by atoms with Gasteiger partial charge >= 0.3 is 0 Å². The van der Waals surface area contributed by atoms with E-state index in [1.165, 1.54) is 7.11 Å². The van der Waals surface area contributed by atoms with Gasteiger partial charge in [-0.1, -0.05) is 24.3 Å². The minimum Gasteiger partial charge on any atom is -0.491 e. The standard InChI is InChI=1S/C20H22N2O3/c1-14(2)25-18-6-4-5-17(11-18)19(24-3)20(23)22-13-16-9-7-15(12-21)8-10-16/h4-11,14,19H,13H2,1-3H3,(H,22,23)/t19-/m0/s1. The molecule has 0 saturated carbocycles. The Morgan fingerprint density at radius 2 is 1.92 bits per heavy atom. The van der Waals surface area contributed by atoms with Crippen molar-refractivity contribution in [2.45, 2.75) is 32.6 Å². The lowest BCUT2D eigenvalue weighted by Crippen LogP contribution is -2.30. The van der Waals surface area contributed by atoms with E-state index in [0.29, 0.717) is 17.9 Å². The molecule has 0 bridgehead atoms. The minimum atomic E-state index is -0.714. The third-order valence-electron chi connectivity index (χ3n) is 3.56. The Balaban J connectivity index is 2.03. The molecule has 130 valence electrons. The zero-order valence-electron chi connectivity index (χ0n) is 14.7. The number of nitrogens with one attached hydrogen (secondary N) is 1. The maximum absolute atomic E-state index is 12.5. The fourth-order valence-corrected chi connectivity index (χ4v) is 2.40. The van der Waals surface area contributed by atoms with Crippen LogP contribution in [0.15, 0.2) is 48.5 Å². The summed E-state index contributed by atoms with van der Waals surface area (Å²) in [6, 6.07) is 16.5. The van der Waals surface area contributed by atoms with E-state index in [4.69, 9.17) is 14.7 Å². The van der Waals surface area contributed by atoms with Gasteiger partial charge in [0.2, 0.25) is 0 Å². The Hall–Kier alpha value is -2.84.